The molecule has 0 saturated carbocycles. The summed E-state index contributed by atoms with van der Waals surface area (Å²) in [4.78, 5) is 10.5. The average molecular weight is 198 g/mol. The molecule has 0 aromatic carbocycles. The third-order valence-corrected chi connectivity index (χ3v) is 1.78. The normalized spacial score (nSPS) is 10.6. The molecule has 0 unspecified atom stereocenters. The third-order valence-electron chi connectivity index (χ3n) is 1.78. The summed E-state index contributed by atoms with van der Waals surface area (Å²) < 4.78 is 6.74. The Bertz CT molecular complexity index is 331. The number of nitrogens with zero attached hydrogens (tertiary/aromatic N) is 2. The molecule has 0 aliphatic rings. The second-order valence-electron chi connectivity index (χ2n) is 3.29. The Morgan fingerprint density at radius 1 is 1.71 bits per heavy atom. The number of rotatable bonds is 4. The molecular formula is C9H14N2O3. The highest BCUT2D eigenvalue weighted by atomic mass is 16.5. The van der Waals surface area contributed by atoms with Crippen molar-refractivity contribution in [2.24, 2.45) is 0 Å². The van der Waals surface area contributed by atoms with E-state index in [1.54, 1.807) is 17.9 Å². The molecule has 1 rings (SSSR count). The first kappa shape index (κ1) is 10.6. The predicted molar refractivity (Wildman–Crippen MR) is 50.5 cm³/mol. The number of hydrogen-bond acceptors (Lipinski definition) is 3. The topological polar surface area (TPSA) is 64.3 Å². The van der Waals surface area contributed by atoms with E-state index >= 15 is 0 Å². The zero-order valence-corrected chi connectivity index (χ0v) is 8.52. The summed E-state index contributed by atoms with van der Waals surface area (Å²) in [7, 11) is 1.54. The Balaban J connectivity index is 2.94. The first-order valence-corrected chi connectivity index (χ1v) is 4.38. The average Bonchev–Trinajstić information content (AvgIpc) is 2.46. The van der Waals surface area contributed by atoms with Crippen molar-refractivity contribution in [1.29, 1.82) is 0 Å². The van der Waals surface area contributed by atoms with E-state index in [1.165, 1.54) is 0 Å². The minimum Gasteiger partial charge on any atom is -0.481 e. The molecule has 1 aromatic rings. The molecular weight excluding hydrogens is 184 g/mol. The van der Waals surface area contributed by atoms with E-state index < -0.39 is 5.97 Å². The van der Waals surface area contributed by atoms with Gasteiger partial charge in [-0.2, -0.15) is 5.10 Å². The third kappa shape index (κ3) is 2.25. The van der Waals surface area contributed by atoms with Crippen molar-refractivity contribution in [3.05, 3.63) is 11.8 Å². The zero-order valence-electron chi connectivity index (χ0n) is 8.52. The van der Waals surface area contributed by atoms with Crippen LogP contribution in [0.4, 0.5) is 0 Å². The second kappa shape index (κ2) is 4.13. The van der Waals surface area contributed by atoms with Crippen molar-refractivity contribution in [1.82, 2.24) is 9.78 Å². The molecule has 0 bridgehead atoms. The van der Waals surface area contributed by atoms with Gasteiger partial charge in [0.1, 0.15) is 0 Å². The standard InChI is InChI=1S/C9H14N2O3/c1-6(2)11-8(14-3)4-7(10-11)5-9(12)13/h4,6H,5H2,1-3H3,(H,12,13). The Morgan fingerprint density at radius 3 is 2.71 bits per heavy atom. The minimum absolute atomic E-state index is 0.0733. The van der Waals surface area contributed by atoms with E-state index in [1.807, 2.05) is 13.8 Å². The lowest BCUT2D eigenvalue weighted by Crippen LogP contribution is -2.06. The molecule has 1 aromatic heterocycles. The number of aromatic nitrogens is 2. The largest absolute Gasteiger partial charge is 0.481 e. The van der Waals surface area contributed by atoms with Gasteiger partial charge in [0.05, 0.1) is 25.3 Å². The minimum atomic E-state index is -0.888. The highest BCUT2D eigenvalue weighted by Gasteiger charge is 2.12. The Kier molecular flexibility index (Phi) is 3.11. The highest BCUT2D eigenvalue weighted by Crippen LogP contribution is 2.18. The van der Waals surface area contributed by atoms with Crippen LogP contribution in [-0.4, -0.2) is 28.0 Å². The molecule has 0 amide bonds. The molecule has 0 aliphatic carbocycles. The molecule has 0 fully saturated rings. The Morgan fingerprint density at radius 2 is 2.36 bits per heavy atom. The van der Waals surface area contributed by atoms with Gasteiger partial charge in [-0.25, -0.2) is 4.68 Å². The van der Waals surface area contributed by atoms with E-state index in [2.05, 4.69) is 5.10 Å². The number of carboxylic acid groups (broad SMARTS) is 1. The lowest BCUT2D eigenvalue weighted by molar-refractivity contribution is -0.136. The summed E-state index contributed by atoms with van der Waals surface area (Å²) in [5, 5.41) is 12.7. The predicted octanol–water partition coefficient (Wildman–Crippen LogP) is 1.10. The van der Waals surface area contributed by atoms with Gasteiger partial charge >= 0.3 is 5.97 Å². The number of carbonyl (C=O) groups is 1. The van der Waals surface area contributed by atoms with Crippen molar-refractivity contribution in [3.8, 4) is 5.88 Å². The van der Waals surface area contributed by atoms with E-state index in [0.717, 1.165) is 0 Å². The van der Waals surface area contributed by atoms with Crippen molar-refractivity contribution in [3.63, 3.8) is 0 Å². The van der Waals surface area contributed by atoms with Crippen LogP contribution in [-0.2, 0) is 11.2 Å². The van der Waals surface area contributed by atoms with Gasteiger partial charge in [0.25, 0.3) is 0 Å². The van der Waals surface area contributed by atoms with Gasteiger partial charge in [0.15, 0.2) is 0 Å². The van der Waals surface area contributed by atoms with E-state index in [9.17, 15) is 4.79 Å². The maximum atomic E-state index is 10.5. The summed E-state index contributed by atoms with van der Waals surface area (Å²) in [5.41, 5.74) is 0.517. The van der Waals surface area contributed by atoms with Gasteiger partial charge in [0.2, 0.25) is 5.88 Å². The molecule has 0 atom stereocenters. The Hall–Kier alpha value is -1.52. The van der Waals surface area contributed by atoms with Gasteiger partial charge in [-0.05, 0) is 13.8 Å². The van der Waals surface area contributed by atoms with Crippen LogP contribution in [0, 0.1) is 0 Å². The van der Waals surface area contributed by atoms with Crippen molar-refractivity contribution in [2.75, 3.05) is 7.11 Å². The van der Waals surface area contributed by atoms with Crippen LogP contribution in [0.15, 0.2) is 6.07 Å². The number of hydrogen-bond donors (Lipinski definition) is 1. The van der Waals surface area contributed by atoms with Gasteiger partial charge in [-0.1, -0.05) is 0 Å². The van der Waals surface area contributed by atoms with Crippen molar-refractivity contribution in [2.45, 2.75) is 26.3 Å². The van der Waals surface area contributed by atoms with Gasteiger partial charge in [0, 0.05) is 6.07 Å². The highest BCUT2D eigenvalue weighted by molar-refractivity contribution is 5.69. The lowest BCUT2D eigenvalue weighted by atomic mass is 10.3. The van der Waals surface area contributed by atoms with Crippen LogP contribution in [0.2, 0.25) is 0 Å². The molecule has 78 valence electrons. The van der Waals surface area contributed by atoms with Crippen molar-refractivity contribution >= 4 is 5.97 Å². The molecule has 5 heteroatoms. The van der Waals surface area contributed by atoms with Crippen LogP contribution in [0.5, 0.6) is 5.88 Å². The fraction of sp³-hybridized carbons (Fsp3) is 0.556. The van der Waals surface area contributed by atoms with Gasteiger partial charge in [-0.15, -0.1) is 0 Å². The number of methoxy groups -OCH3 is 1. The molecule has 0 radical (unpaired) electrons. The van der Waals surface area contributed by atoms with E-state index in [-0.39, 0.29) is 12.5 Å². The quantitative estimate of drug-likeness (QED) is 0.786. The van der Waals surface area contributed by atoms with Crippen LogP contribution >= 0.6 is 0 Å². The lowest BCUT2D eigenvalue weighted by Gasteiger charge is -2.08. The molecule has 0 saturated heterocycles. The SMILES string of the molecule is COc1cc(CC(=O)O)nn1C(C)C. The molecule has 1 N–H and O–H groups in total. The summed E-state index contributed by atoms with van der Waals surface area (Å²) >= 11 is 0. The van der Waals surface area contributed by atoms with E-state index in [0.29, 0.717) is 11.6 Å². The molecule has 0 spiro atoms. The molecule has 14 heavy (non-hydrogen) atoms. The van der Waals surface area contributed by atoms with Crippen LogP contribution in [0.25, 0.3) is 0 Å². The fourth-order valence-corrected chi connectivity index (χ4v) is 1.19. The number of ether oxygens (including phenoxy) is 1. The van der Waals surface area contributed by atoms with Crippen LogP contribution < -0.4 is 4.74 Å². The first-order valence-electron chi connectivity index (χ1n) is 4.38. The molecule has 0 aliphatic heterocycles. The summed E-state index contributed by atoms with van der Waals surface area (Å²) in [6.07, 6.45) is -0.0733. The summed E-state index contributed by atoms with van der Waals surface area (Å²) in [6, 6.07) is 1.81. The monoisotopic (exact) mass is 198 g/mol. The van der Waals surface area contributed by atoms with E-state index in [4.69, 9.17) is 9.84 Å². The second-order valence-corrected chi connectivity index (χ2v) is 3.29. The van der Waals surface area contributed by atoms with Gasteiger partial charge < -0.3 is 9.84 Å². The fourth-order valence-electron chi connectivity index (χ4n) is 1.19. The molecule has 1 heterocycles. The zero-order chi connectivity index (χ0) is 10.7. The summed E-state index contributed by atoms with van der Waals surface area (Å²) in [6.45, 7) is 3.92. The number of aliphatic carboxylic acids is 1. The molecule has 5 nitrogen and oxygen atoms in total. The number of carboxylic acids is 1. The first-order chi connectivity index (χ1) is 6.54. The maximum Gasteiger partial charge on any atom is 0.309 e. The van der Waals surface area contributed by atoms with Crippen LogP contribution in [0.3, 0.4) is 0 Å². The smallest absolute Gasteiger partial charge is 0.309 e. The van der Waals surface area contributed by atoms with Crippen LogP contribution in [0.1, 0.15) is 25.6 Å². The maximum absolute atomic E-state index is 10.5. The Labute approximate surface area is 82.3 Å². The van der Waals surface area contributed by atoms with Crippen molar-refractivity contribution < 1.29 is 14.6 Å². The summed E-state index contributed by atoms with van der Waals surface area (Å²) in [5.74, 6) is -0.294. The van der Waals surface area contributed by atoms with Gasteiger partial charge in [-0.3, -0.25) is 4.79 Å².